The summed E-state index contributed by atoms with van der Waals surface area (Å²) < 4.78 is 2.11. The van der Waals surface area contributed by atoms with Gasteiger partial charge in [0.2, 0.25) is 0 Å². The summed E-state index contributed by atoms with van der Waals surface area (Å²) >= 11 is 7.03. The van der Waals surface area contributed by atoms with Crippen molar-refractivity contribution in [2.24, 2.45) is 0 Å². The molecule has 0 aliphatic heterocycles. The zero-order valence-corrected chi connectivity index (χ0v) is 10.3. The third-order valence-electron chi connectivity index (χ3n) is 1.87. The molecule has 69 valence electrons. The van der Waals surface area contributed by atoms with E-state index in [0.29, 0.717) is 0 Å². The van der Waals surface area contributed by atoms with E-state index in [2.05, 4.69) is 43.0 Å². The van der Waals surface area contributed by atoms with Gasteiger partial charge in [-0.05, 0) is 18.2 Å². The lowest BCUT2D eigenvalue weighted by molar-refractivity contribution is 1.31. The van der Waals surface area contributed by atoms with Crippen LogP contribution < -0.4 is 0 Å². The number of pyridine rings is 1. The molecule has 0 unspecified atom stereocenters. The van der Waals surface area contributed by atoms with E-state index in [4.69, 9.17) is 0 Å². The Kier molecular flexibility index (Phi) is 2.99. The van der Waals surface area contributed by atoms with Gasteiger partial charge in [0.25, 0.3) is 0 Å². The van der Waals surface area contributed by atoms with Crippen LogP contribution in [0.2, 0.25) is 0 Å². The molecule has 0 atom stereocenters. The molecule has 14 heavy (non-hydrogen) atoms. The van der Waals surface area contributed by atoms with Crippen molar-refractivity contribution in [2.75, 3.05) is 0 Å². The molecule has 0 fully saturated rings. The Morgan fingerprint density at radius 3 is 2.36 bits per heavy atom. The third-order valence-corrected chi connectivity index (χ3v) is 3.19. The van der Waals surface area contributed by atoms with Gasteiger partial charge in [-0.25, -0.2) is 0 Å². The molecule has 0 saturated heterocycles. The highest BCUT2D eigenvalue weighted by Crippen LogP contribution is 2.34. The summed E-state index contributed by atoms with van der Waals surface area (Å²) in [5.41, 5.74) is 2.19. The van der Waals surface area contributed by atoms with Crippen LogP contribution in [0.3, 0.4) is 0 Å². The summed E-state index contributed by atoms with van der Waals surface area (Å²) in [5.74, 6) is 0. The lowest BCUT2D eigenvalue weighted by Gasteiger charge is -2.06. The zero-order valence-electron chi connectivity index (χ0n) is 7.17. The lowest BCUT2D eigenvalue weighted by atomic mass is 10.1. The Morgan fingerprint density at radius 2 is 1.79 bits per heavy atom. The van der Waals surface area contributed by atoms with Gasteiger partial charge in [-0.2, -0.15) is 0 Å². The molecule has 1 nitrogen and oxygen atoms in total. The first-order valence-electron chi connectivity index (χ1n) is 4.05. The Morgan fingerprint density at radius 1 is 1.07 bits per heavy atom. The summed E-state index contributed by atoms with van der Waals surface area (Å²) in [6.07, 6.45) is 4.56. The van der Waals surface area contributed by atoms with Crippen LogP contribution in [-0.2, 0) is 0 Å². The van der Waals surface area contributed by atoms with Gasteiger partial charge in [0.05, 0.1) is 6.20 Å². The van der Waals surface area contributed by atoms with E-state index in [9.17, 15) is 0 Å². The Bertz CT molecular complexity index is 420. The molecule has 0 amide bonds. The number of rotatable bonds is 1. The van der Waals surface area contributed by atoms with Crippen LogP contribution >= 0.6 is 31.9 Å². The summed E-state index contributed by atoms with van der Waals surface area (Å²) in [4.78, 5) is 3.98. The first kappa shape index (κ1) is 9.87. The minimum absolute atomic E-state index is 1.06. The Labute approximate surface area is 99.4 Å². The number of benzene rings is 1. The second-order valence-corrected chi connectivity index (χ2v) is 4.48. The molecule has 0 aliphatic rings. The molecular weight excluding hydrogens is 306 g/mol. The predicted octanol–water partition coefficient (Wildman–Crippen LogP) is 4.07. The van der Waals surface area contributed by atoms with Crippen molar-refractivity contribution in [3.8, 4) is 11.1 Å². The minimum atomic E-state index is 1.06. The molecule has 2 rings (SSSR count). The predicted molar refractivity (Wildman–Crippen MR) is 63.9 cm³/mol. The lowest BCUT2D eigenvalue weighted by Crippen LogP contribution is -1.82. The molecule has 1 heterocycles. The van der Waals surface area contributed by atoms with Crippen LogP contribution in [0.5, 0.6) is 0 Å². The average molecular weight is 312 g/mol. The number of aromatic nitrogens is 1. The van der Waals surface area contributed by atoms with Crippen molar-refractivity contribution >= 4 is 31.9 Å². The molecule has 0 aliphatic carbocycles. The van der Waals surface area contributed by atoms with Crippen molar-refractivity contribution in [3.63, 3.8) is 0 Å². The first-order valence-corrected chi connectivity index (χ1v) is 5.64. The maximum absolute atomic E-state index is 3.98. The Balaban J connectivity index is 2.63. The SMILES string of the molecule is Brc1cccc(Br)c1-c1cc[c]nc1. The van der Waals surface area contributed by atoms with E-state index < -0.39 is 0 Å². The normalized spacial score (nSPS) is 10.1. The topological polar surface area (TPSA) is 12.9 Å². The fourth-order valence-corrected chi connectivity index (χ4v) is 2.70. The monoisotopic (exact) mass is 310 g/mol. The van der Waals surface area contributed by atoms with Gasteiger partial charge in [0, 0.05) is 26.3 Å². The molecule has 0 N–H and O–H groups in total. The summed E-state index contributed by atoms with van der Waals surface area (Å²) in [6.45, 7) is 0. The maximum Gasteiger partial charge on any atom is 0.0886 e. The summed E-state index contributed by atoms with van der Waals surface area (Å²) in [6, 6.07) is 9.80. The summed E-state index contributed by atoms with van der Waals surface area (Å²) in [5, 5.41) is 0. The molecule has 2 aromatic rings. The van der Waals surface area contributed by atoms with Crippen molar-refractivity contribution in [3.05, 3.63) is 51.7 Å². The van der Waals surface area contributed by atoms with Crippen LogP contribution in [0.4, 0.5) is 0 Å². The summed E-state index contributed by atoms with van der Waals surface area (Å²) in [7, 11) is 0. The fraction of sp³-hybridized carbons (Fsp3) is 0. The quantitative estimate of drug-likeness (QED) is 0.773. The van der Waals surface area contributed by atoms with E-state index in [1.165, 1.54) is 0 Å². The van der Waals surface area contributed by atoms with E-state index in [0.717, 1.165) is 20.1 Å². The fourth-order valence-electron chi connectivity index (χ4n) is 1.24. The van der Waals surface area contributed by atoms with E-state index in [-0.39, 0.29) is 0 Å². The highest BCUT2D eigenvalue weighted by atomic mass is 79.9. The van der Waals surface area contributed by atoms with Crippen molar-refractivity contribution in [2.45, 2.75) is 0 Å². The van der Waals surface area contributed by atoms with Crippen LogP contribution in [0.15, 0.2) is 45.5 Å². The molecule has 1 radical (unpaired) electrons. The largest absolute Gasteiger partial charge is 0.254 e. The van der Waals surface area contributed by atoms with Gasteiger partial charge < -0.3 is 0 Å². The second-order valence-electron chi connectivity index (χ2n) is 2.77. The zero-order chi connectivity index (χ0) is 9.97. The highest BCUT2D eigenvalue weighted by molar-refractivity contribution is 9.11. The van der Waals surface area contributed by atoms with Crippen molar-refractivity contribution < 1.29 is 0 Å². The Hall–Kier alpha value is -0.670. The van der Waals surface area contributed by atoms with E-state index in [1.54, 1.807) is 12.3 Å². The van der Waals surface area contributed by atoms with Gasteiger partial charge in [0.15, 0.2) is 0 Å². The smallest absolute Gasteiger partial charge is 0.0886 e. The average Bonchev–Trinajstić information content (AvgIpc) is 2.19. The van der Waals surface area contributed by atoms with Gasteiger partial charge >= 0.3 is 0 Å². The van der Waals surface area contributed by atoms with Crippen molar-refractivity contribution in [1.82, 2.24) is 4.98 Å². The standard InChI is InChI=1S/C11H6Br2N/c12-9-4-1-5-10(13)11(9)8-3-2-6-14-7-8/h1-5,7H. The van der Waals surface area contributed by atoms with E-state index in [1.807, 2.05) is 24.3 Å². The number of halogens is 2. The maximum atomic E-state index is 3.98. The molecule has 0 bridgehead atoms. The van der Waals surface area contributed by atoms with Gasteiger partial charge in [-0.3, -0.25) is 4.98 Å². The molecule has 1 aromatic carbocycles. The third kappa shape index (κ3) is 1.88. The number of hydrogen-bond donors (Lipinski definition) is 0. The van der Waals surface area contributed by atoms with Gasteiger partial charge in [-0.1, -0.05) is 44.0 Å². The highest BCUT2D eigenvalue weighted by Gasteiger charge is 2.06. The molecular formula is C11H6Br2N. The number of hydrogen-bond acceptors (Lipinski definition) is 1. The molecule has 1 aromatic heterocycles. The molecule has 0 spiro atoms. The van der Waals surface area contributed by atoms with Crippen LogP contribution in [0.25, 0.3) is 11.1 Å². The van der Waals surface area contributed by atoms with Crippen LogP contribution in [-0.4, -0.2) is 4.98 Å². The van der Waals surface area contributed by atoms with Crippen LogP contribution in [0, 0.1) is 6.20 Å². The molecule has 0 saturated carbocycles. The second kappa shape index (κ2) is 4.24. The van der Waals surface area contributed by atoms with Gasteiger partial charge in [-0.15, -0.1) is 0 Å². The first-order chi connectivity index (χ1) is 6.79. The van der Waals surface area contributed by atoms with Gasteiger partial charge in [0.1, 0.15) is 0 Å². The minimum Gasteiger partial charge on any atom is -0.254 e. The molecule has 3 heteroatoms. The number of nitrogens with zero attached hydrogens (tertiary/aromatic N) is 1. The van der Waals surface area contributed by atoms with E-state index >= 15 is 0 Å². The van der Waals surface area contributed by atoms with Crippen molar-refractivity contribution in [1.29, 1.82) is 0 Å². The van der Waals surface area contributed by atoms with Crippen LogP contribution in [0.1, 0.15) is 0 Å².